The van der Waals surface area contributed by atoms with Crippen LogP contribution >= 0.6 is 0 Å². The monoisotopic (exact) mass is 228 g/mol. The van der Waals surface area contributed by atoms with Gasteiger partial charge in [0.25, 0.3) is 0 Å². The maximum Gasteiger partial charge on any atom is 0.0471 e. The summed E-state index contributed by atoms with van der Waals surface area (Å²) in [5.74, 6) is 0. The van der Waals surface area contributed by atoms with Crippen LogP contribution in [0.1, 0.15) is 58.8 Å². The summed E-state index contributed by atoms with van der Waals surface area (Å²) in [7, 11) is 0. The van der Waals surface area contributed by atoms with Crippen molar-refractivity contribution < 1.29 is 9.47 Å². The van der Waals surface area contributed by atoms with Gasteiger partial charge in [0.2, 0.25) is 0 Å². The van der Waals surface area contributed by atoms with Crippen LogP contribution in [0.2, 0.25) is 0 Å². The lowest BCUT2D eigenvalue weighted by atomic mass is 9.70. The van der Waals surface area contributed by atoms with Crippen molar-refractivity contribution in [2.45, 2.75) is 58.8 Å². The van der Waals surface area contributed by atoms with E-state index in [2.05, 4.69) is 13.8 Å². The molecule has 0 amide bonds. The van der Waals surface area contributed by atoms with Crippen LogP contribution in [0.3, 0.4) is 0 Å². The molecule has 0 aromatic rings. The molecule has 1 rings (SSSR count). The quantitative estimate of drug-likeness (QED) is 0.588. The Morgan fingerprint density at radius 3 is 1.75 bits per heavy atom. The van der Waals surface area contributed by atoms with Gasteiger partial charge in [0.1, 0.15) is 0 Å². The fourth-order valence-corrected chi connectivity index (χ4v) is 2.79. The molecule has 16 heavy (non-hydrogen) atoms. The molecule has 96 valence electrons. The highest BCUT2D eigenvalue weighted by Gasteiger charge is 2.31. The largest absolute Gasteiger partial charge is 0.382 e. The topological polar surface area (TPSA) is 18.5 Å². The van der Waals surface area contributed by atoms with Crippen molar-refractivity contribution in [2.75, 3.05) is 26.4 Å². The van der Waals surface area contributed by atoms with Crippen molar-refractivity contribution in [1.29, 1.82) is 0 Å². The van der Waals surface area contributed by atoms with E-state index in [0.717, 1.165) is 26.4 Å². The summed E-state index contributed by atoms with van der Waals surface area (Å²) in [5, 5.41) is 0. The molecule has 0 aromatic carbocycles. The van der Waals surface area contributed by atoms with E-state index in [1.807, 2.05) is 0 Å². The second kappa shape index (κ2) is 8.08. The molecule has 0 saturated heterocycles. The predicted octanol–water partition coefficient (Wildman–Crippen LogP) is 3.79. The number of hydrogen-bond acceptors (Lipinski definition) is 2. The Morgan fingerprint density at radius 2 is 1.31 bits per heavy atom. The fraction of sp³-hybridized carbons (Fsp3) is 1.00. The maximum atomic E-state index is 5.53. The lowest BCUT2D eigenvalue weighted by Crippen LogP contribution is -2.27. The minimum atomic E-state index is 0.530. The Kier molecular flexibility index (Phi) is 7.06. The average molecular weight is 228 g/mol. The molecule has 0 bridgehead atoms. The van der Waals surface area contributed by atoms with E-state index >= 15 is 0 Å². The summed E-state index contributed by atoms with van der Waals surface area (Å²) >= 11 is 0. The highest BCUT2D eigenvalue weighted by Crippen LogP contribution is 2.42. The van der Waals surface area contributed by atoms with Crippen LogP contribution in [0.4, 0.5) is 0 Å². The van der Waals surface area contributed by atoms with Gasteiger partial charge in [-0.2, -0.15) is 0 Å². The van der Waals surface area contributed by atoms with Crippen LogP contribution in [0.15, 0.2) is 0 Å². The Balaban J connectivity index is 2.33. The van der Waals surface area contributed by atoms with Crippen molar-refractivity contribution in [3.63, 3.8) is 0 Å². The molecular formula is C14H28O2. The SMILES string of the molecule is CCOCCC1(CCOCC)CCCCC1. The van der Waals surface area contributed by atoms with Crippen LogP contribution in [0.25, 0.3) is 0 Å². The number of hydrogen-bond donors (Lipinski definition) is 0. The third-order valence-corrected chi connectivity index (χ3v) is 3.88. The van der Waals surface area contributed by atoms with Crippen molar-refractivity contribution in [2.24, 2.45) is 5.41 Å². The van der Waals surface area contributed by atoms with Gasteiger partial charge >= 0.3 is 0 Å². The average Bonchev–Trinajstić information content (AvgIpc) is 2.31. The Bertz CT molecular complexity index is 150. The van der Waals surface area contributed by atoms with E-state index in [1.54, 1.807) is 0 Å². The van der Waals surface area contributed by atoms with Crippen molar-refractivity contribution in [3.05, 3.63) is 0 Å². The summed E-state index contributed by atoms with van der Waals surface area (Å²) < 4.78 is 11.1. The molecular weight excluding hydrogens is 200 g/mol. The van der Waals surface area contributed by atoms with Gasteiger partial charge in [-0.3, -0.25) is 0 Å². The summed E-state index contributed by atoms with van der Waals surface area (Å²) in [6.45, 7) is 7.72. The van der Waals surface area contributed by atoms with E-state index in [1.165, 1.54) is 44.9 Å². The number of ether oxygens (including phenoxy) is 2. The summed E-state index contributed by atoms with van der Waals surface area (Å²) in [4.78, 5) is 0. The highest BCUT2D eigenvalue weighted by molar-refractivity contribution is 4.82. The van der Waals surface area contributed by atoms with Gasteiger partial charge in [-0.25, -0.2) is 0 Å². The van der Waals surface area contributed by atoms with Gasteiger partial charge in [0.05, 0.1) is 0 Å². The first-order valence-electron chi connectivity index (χ1n) is 6.98. The van der Waals surface area contributed by atoms with Gasteiger partial charge in [0, 0.05) is 26.4 Å². The minimum Gasteiger partial charge on any atom is -0.382 e. The molecule has 1 fully saturated rings. The van der Waals surface area contributed by atoms with E-state index in [4.69, 9.17) is 9.47 Å². The molecule has 0 heterocycles. The lowest BCUT2D eigenvalue weighted by Gasteiger charge is -2.37. The summed E-state index contributed by atoms with van der Waals surface area (Å²) in [6.07, 6.45) is 9.45. The van der Waals surface area contributed by atoms with Crippen LogP contribution in [-0.2, 0) is 9.47 Å². The van der Waals surface area contributed by atoms with Crippen LogP contribution < -0.4 is 0 Å². The summed E-state index contributed by atoms with van der Waals surface area (Å²) in [6, 6.07) is 0. The van der Waals surface area contributed by atoms with E-state index in [9.17, 15) is 0 Å². The molecule has 2 nitrogen and oxygen atoms in total. The third kappa shape index (κ3) is 4.84. The molecule has 0 radical (unpaired) electrons. The molecule has 0 aromatic heterocycles. The fourth-order valence-electron chi connectivity index (χ4n) is 2.79. The molecule has 0 unspecified atom stereocenters. The minimum absolute atomic E-state index is 0.530. The first kappa shape index (κ1) is 14.0. The van der Waals surface area contributed by atoms with Crippen molar-refractivity contribution in [1.82, 2.24) is 0 Å². The maximum absolute atomic E-state index is 5.53. The standard InChI is InChI=1S/C14H28O2/c1-3-15-12-10-14(11-13-16-4-2)8-6-5-7-9-14/h3-13H2,1-2H3. The van der Waals surface area contributed by atoms with Gasteiger partial charge in [-0.1, -0.05) is 19.3 Å². The smallest absolute Gasteiger partial charge is 0.0471 e. The Morgan fingerprint density at radius 1 is 0.812 bits per heavy atom. The second-order valence-electron chi connectivity index (χ2n) is 4.95. The van der Waals surface area contributed by atoms with E-state index < -0.39 is 0 Å². The molecule has 0 aliphatic heterocycles. The van der Waals surface area contributed by atoms with Crippen molar-refractivity contribution >= 4 is 0 Å². The van der Waals surface area contributed by atoms with Gasteiger partial charge < -0.3 is 9.47 Å². The highest BCUT2D eigenvalue weighted by atomic mass is 16.5. The molecule has 0 N–H and O–H groups in total. The van der Waals surface area contributed by atoms with Crippen LogP contribution in [0, 0.1) is 5.41 Å². The molecule has 1 aliphatic rings. The predicted molar refractivity (Wildman–Crippen MR) is 67.7 cm³/mol. The van der Waals surface area contributed by atoms with Gasteiger partial charge in [-0.15, -0.1) is 0 Å². The molecule has 1 saturated carbocycles. The first-order chi connectivity index (χ1) is 7.83. The van der Waals surface area contributed by atoms with Crippen LogP contribution in [-0.4, -0.2) is 26.4 Å². The van der Waals surface area contributed by atoms with Crippen LogP contribution in [0.5, 0.6) is 0 Å². The Labute approximate surface area is 101 Å². The zero-order valence-electron chi connectivity index (χ0n) is 11.1. The molecule has 0 spiro atoms. The van der Waals surface area contributed by atoms with Crippen molar-refractivity contribution in [3.8, 4) is 0 Å². The molecule has 1 aliphatic carbocycles. The number of rotatable bonds is 8. The van der Waals surface area contributed by atoms with E-state index in [0.29, 0.717) is 5.41 Å². The zero-order valence-corrected chi connectivity index (χ0v) is 11.1. The first-order valence-corrected chi connectivity index (χ1v) is 6.98. The Hall–Kier alpha value is -0.0800. The third-order valence-electron chi connectivity index (χ3n) is 3.88. The zero-order chi connectivity index (χ0) is 11.7. The lowest BCUT2D eigenvalue weighted by molar-refractivity contribution is 0.0436. The van der Waals surface area contributed by atoms with Gasteiger partial charge in [-0.05, 0) is 44.9 Å². The summed E-state index contributed by atoms with van der Waals surface area (Å²) in [5.41, 5.74) is 0.530. The van der Waals surface area contributed by atoms with Gasteiger partial charge in [0.15, 0.2) is 0 Å². The molecule has 2 heteroatoms. The normalized spacial score (nSPS) is 19.9. The second-order valence-corrected chi connectivity index (χ2v) is 4.95. The molecule has 0 atom stereocenters. The van der Waals surface area contributed by atoms with E-state index in [-0.39, 0.29) is 0 Å².